The Morgan fingerprint density at radius 2 is 2.08 bits per heavy atom. The van der Waals surface area contributed by atoms with Crippen molar-refractivity contribution in [3.05, 3.63) is 24.0 Å². The quantitative estimate of drug-likeness (QED) is 0.908. The summed E-state index contributed by atoms with van der Waals surface area (Å²) in [6.45, 7) is 3.32. The van der Waals surface area contributed by atoms with Crippen LogP contribution in [0.5, 0.6) is 5.75 Å². The van der Waals surface area contributed by atoms with Gasteiger partial charge in [0.2, 0.25) is 0 Å². The van der Waals surface area contributed by atoms with Gasteiger partial charge in [-0.25, -0.2) is 4.79 Å². The van der Waals surface area contributed by atoms with E-state index in [-0.39, 0.29) is 30.5 Å². The number of ether oxygens (including phenoxy) is 2. The van der Waals surface area contributed by atoms with Crippen molar-refractivity contribution in [3.63, 3.8) is 0 Å². The van der Waals surface area contributed by atoms with Crippen molar-refractivity contribution in [3.8, 4) is 5.75 Å². The lowest BCUT2D eigenvalue weighted by Gasteiger charge is -2.35. The number of rotatable bonds is 4. The van der Waals surface area contributed by atoms with E-state index in [2.05, 4.69) is 10.3 Å². The van der Waals surface area contributed by atoms with E-state index in [9.17, 15) is 18.0 Å². The SMILES string of the molecule is C[C@@H]1CN(C(=O)NCc2ccncc2OCC(F)(F)F)C[C@H](C)O1. The van der Waals surface area contributed by atoms with Crippen LogP contribution in [0.2, 0.25) is 0 Å². The molecule has 2 atom stereocenters. The van der Waals surface area contributed by atoms with Gasteiger partial charge >= 0.3 is 12.2 Å². The number of hydrogen-bond acceptors (Lipinski definition) is 4. The minimum Gasteiger partial charge on any atom is -0.482 e. The van der Waals surface area contributed by atoms with Gasteiger partial charge in [0.05, 0.1) is 18.4 Å². The van der Waals surface area contributed by atoms with Crippen LogP contribution in [0.3, 0.4) is 0 Å². The van der Waals surface area contributed by atoms with E-state index in [1.807, 2.05) is 13.8 Å². The molecule has 2 amide bonds. The lowest BCUT2D eigenvalue weighted by Crippen LogP contribution is -2.51. The van der Waals surface area contributed by atoms with Gasteiger partial charge in [0.1, 0.15) is 5.75 Å². The third-order valence-corrected chi connectivity index (χ3v) is 3.40. The predicted molar refractivity (Wildman–Crippen MR) is 79.6 cm³/mol. The molecule has 0 unspecified atom stereocenters. The first kappa shape index (κ1) is 18.3. The summed E-state index contributed by atoms with van der Waals surface area (Å²) in [4.78, 5) is 17.6. The minimum absolute atomic E-state index is 0.00108. The van der Waals surface area contributed by atoms with Gasteiger partial charge in [-0.1, -0.05) is 0 Å². The fourth-order valence-corrected chi connectivity index (χ4v) is 2.47. The minimum atomic E-state index is -4.43. The number of urea groups is 1. The summed E-state index contributed by atoms with van der Waals surface area (Å²) in [7, 11) is 0. The van der Waals surface area contributed by atoms with Crippen LogP contribution in [0.1, 0.15) is 19.4 Å². The molecule has 1 saturated heterocycles. The summed E-state index contributed by atoms with van der Waals surface area (Å²) < 4.78 is 47.1. The molecule has 1 aromatic heterocycles. The highest BCUT2D eigenvalue weighted by Crippen LogP contribution is 2.21. The van der Waals surface area contributed by atoms with Crippen molar-refractivity contribution in [1.29, 1.82) is 0 Å². The number of alkyl halides is 3. The summed E-state index contributed by atoms with van der Waals surface area (Å²) in [5, 5.41) is 2.69. The average Bonchev–Trinajstić information content (AvgIpc) is 2.49. The highest BCUT2D eigenvalue weighted by Gasteiger charge is 2.29. The standard InChI is InChI=1S/C15H20F3N3O3/c1-10-7-21(8-11(2)24-10)14(22)20-5-12-3-4-19-6-13(12)23-9-15(16,17)18/h3-4,6,10-11H,5,7-9H2,1-2H3,(H,20,22)/t10-,11+. The van der Waals surface area contributed by atoms with Crippen molar-refractivity contribution in [2.24, 2.45) is 0 Å². The third-order valence-electron chi connectivity index (χ3n) is 3.40. The van der Waals surface area contributed by atoms with Gasteiger partial charge in [0, 0.05) is 31.4 Å². The van der Waals surface area contributed by atoms with Gasteiger partial charge in [0.15, 0.2) is 6.61 Å². The maximum Gasteiger partial charge on any atom is 0.422 e. The molecule has 0 radical (unpaired) electrons. The van der Waals surface area contributed by atoms with Crippen LogP contribution in [-0.2, 0) is 11.3 Å². The molecule has 0 aliphatic carbocycles. The molecule has 2 heterocycles. The molecule has 6 nitrogen and oxygen atoms in total. The van der Waals surface area contributed by atoms with Crippen molar-refractivity contribution in [1.82, 2.24) is 15.2 Å². The van der Waals surface area contributed by atoms with E-state index in [4.69, 9.17) is 9.47 Å². The topological polar surface area (TPSA) is 63.7 Å². The Labute approximate surface area is 137 Å². The Morgan fingerprint density at radius 1 is 1.42 bits per heavy atom. The van der Waals surface area contributed by atoms with Gasteiger partial charge in [0.25, 0.3) is 0 Å². The van der Waals surface area contributed by atoms with Crippen LogP contribution < -0.4 is 10.1 Å². The molecule has 0 aromatic carbocycles. The summed E-state index contributed by atoms with van der Waals surface area (Å²) in [6, 6.07) is 1.21. The Bertz CT molecular complexity index is 558. The predicted octanol–water partition coefficient (Wildman–Crippen LogP) is 2.34. The van der Waals surface area contributed by atoms with Gasteiger partial charge in [-0.15, -0.1) is 0 Å². The highest BCUT2D eigenvalue weighted by atomic mass is 19.4. The number of pyridine rings is 1. The van der Waals surface area contributed by atoms with E-state index in [1.165, 1.54) is 18.5 Å². The van der Waals surface area contributed by atoms with Crippen LogP contribution in [0.4, 0.5) is 18.0 Å². The van der Waals surface area contributed by atoms with Crippen molar-refractivity contribution < 1.29 is 27.4 Å². The van der Waals surface area contributed by atoms with Crippen LogP contribution in [0, 0.1) is 0 Å². The van der Waals surface area contributed by atoms with E-state index in [1.54, 1.807) is 4.90 Å². The molecular formula is C15H20F3N3O3. The molecule has 134 valence electrons. The van der Waals surface area contributed by atoms with Gasteiger partial charge in [-0.3, -0.25) is 4.98 Å². The maximum absolute atomic E-state index is 12.3. The fourth-order valence-electron chi connectivity index (χ4n) is 2.47. The number of carbonyl (C=O) groups excluding carboxylic acids is 1. The lowest BCUT2D eigenvalue weighted by atomic mass is 10.2. The Balaban J connectivity index is 1.93. The Kier molecular flexibility index (Phi) is 5.87. The van der Waals surface area contributed by atoms with Gasteiger partial charge in [-0.05, 0) is 19.9 Å². The zero-order valence-electron chi connectivity index (χ0n) is 13.5. The van der Waals surface area contributed by atoms with Gasteiger partial charge in [-0.2, -0.15) is 13.2 Å². The van der Waals surface area contributed by atoms with Crippen LogP contribution in [-0.4, -0.2) is 54.0 Å². The second-order valence-corrected chi connectivity index (χ2v) is 5.71. The normalized spacial score (nSPS) is 21.5. The molecular weight excluding hydrogens is 327 g/mol. The van der Waals surface area contributed by atoms with E-state index in [0.29, 0.717) is 18.7 Å². The van der Waals surface area contributed by atoms with Crippen LogP contribution >= 0.6 is 0 Å². The first-order chi connectivity index (χ1) is 11.2. The summed E-state index contributed by atoms with van der Waals surface area (Å²) >= 11 is 0. The zero-order valence-corrected chi connectivity index (χ0v) is 13.5. The number of nitrogens with zero attached hydrogens (tertiary/aromatic N) is 2. The number of nitrogens with one attached hydrogen (secondary N) is 1. The molecule has 1 aliphatic rings. The molecule has 0 spiro atoms. The first-order valence-electron chi connectivity index (χ1n) is 7.55. The highest BCUT2D eigenvalue weighted by molar-refractivity contribution is 5.74. The molecule has 0 saturated carbocycles. The molecule has 2 rings (SSSR count). The largest absolute Gasteiger partial charge is 0.482 e. The molecule has 0 bridgehead atoms. The summed E-state index contributed by atoms with van der Waals surface area (Å²) in [5.41, 5.74) is 0.428. The van der Waals surface area contributed by atoms with Crippen LogP contribution in [0.25, 0.3) is 0 Å². The molecule has 1 aromatic rings. The first-order valence-corrected chi connectivity index (χ1v) is 7.55. The number of carbonyl (C=O) groups is 1. The number of aromatic nitrogens is 1. The van der Waals surface area contributed by atoms with Crippen molar-refractivity contribution >= 4 is 6.03 Å². The smallest absolute Gasteiger partial charge is 0.422 e. The second-order valence-electron chi connectivity index (χ2n) is 5.71. The van der Waals surface area contributed by atoms with Crippen LogP contribution in [0.15, 0.2) is 18.5 Å². The summed E-state index contributed by atoms with van der Waals surface area (Å²) in [6.07, 6.45) is -1.93. The van der Waals surface area contributed by atoms with Crippen molar-refractivity contribution in [2.75, 3.05) is 19.7 Å². The van der Waals surface area contributed by atoms with E-state index >= 15 is 0 Å². The number of morpholine rings is 1. The van der Waals surface area contributed by atoms with Crippen molar-refractivity contribution in [2.45, 2.75) is 38.8 Å². The molecule has 1 N–H and O–H groups in total. The fraction of sp³-hybridized carbons (Fsp3) is 0.600. The molecule has 9 heteroatoms. The lowest BCUT2D eigenvalue weighted by molar-refractivity contribution is -0.153. The Morgan fingerprint density at radius 3 is 2.71 bits per heavy atom. The molecule has 1 fully saturated rings. The Hall–Kier alpha value is -2.03. The zero-order chi connectivity index (χ0) is 17.7. The number of hydrogen-bond donors (Lipinski definition) is 1. The second kappa shape index (κ2) is 7.69. The monoisotopic (exact) mass is 347 g/mol. The van der Waals surface area contributed by atoms with Gasteiger partial charge < -0.3 is 19.7 Å². The number of halogens is 3. The average molecular weight is 347 g/mol. The summed E-state index contributed by atoms with van der Waals surface area (Å²) in [5.74, 6) is -0.00108. The maximum atomic E-state index is 12.3. The van der Waals surface area contributed by atoms with E-state index in [0.717, 1.165) is 0 Å². The number of amides is 2. The third kappa shape index (κ3) is 5.55. The molecule has 1 aliphatic heterocycles. The van der Waals surface area contributed by atoms with E-state index < -0.39 is 12.8 Å². The molecule has 24 heavy (non-hydrogen) atoms.